The van der Waals surface area contributed by atoms with Gasteiger partial charge in [0.15, 0.2) is 0 Å². The Bertz CT molecular complexity index is 426. The van der Waals surface area contributed by atoms with Crippen molar-refractivity contribution >= 4 is 46.9 Å². The fraction of sp³-hybridized carbons (Fsp3) is 0.143. The number of halogens is 2. The summed E-state index contributed by atoms with van der Waals surface area (Å²) in [5.41, 5.74) is 0.690. The molecule has 14 heavy (non-hydrogen) atoms. The van der Waals surface area contributed by atoms with Gasteiger partial charge in [-0.3, -0.25) is 9.11 Å². The Hall–Kier alpha value is 0.280. The van der Waals surface area contributed by atoms with Gasteiger partial charge in [0, 0.05) is 10.0 Å². The second-order valence-corrected chi connectivity index (χ2v) is 7.10. The van der Waals surface area contributed by atoms with Gasteiger partial charge in [-0.1, -0.05) is 33.6 Å². The van der Waals surface area contributed by atoms with Gasteiger partial charge < -0.3 is 0 Å². The highest BCUT2D eigenvalue weighted by Gasteiger charge is 2.15. The van der Waals surface area contributed by atoms with Crippen molar-refractivity contribution in [2.24, 2.45) is 0 Å². The molecule has 3 nitrogen and oxygen atoms in total. The van der Waals surface area contributed by atoms with E-state index in [1.54, 1.807) is 18.2 Å². The third-order valence-electron chi connectivity index (χ3n) is 1.42. The average Bonchev–Trinajstić information content (AvgIpc) is 2.01. The lowest BCUT2D eigenvalue weighted by Crippen LogP contribution is -1.98. The minimum Gasteiger partial charge on any atom is -0.251 e. The molecule has 78 valence electrons. The SMILES string of the molecule is O=S(O)(O)=[S+]Cc1c(Cl)cccc1Br. The molecule has 1 rings (SSSR count). The predicted molar refractivity (Wildman–Crippen MR) is 63.6 cm³/mol. The first-order valence-corrected chi connectivity index (χ1v) is 7.61. The Kier molecular flexibility index (Phi) is 4.30. The minimum atomic E-state index is -3.77. The zero-order valence-corrected chi connectivity index (χ0v) is 10.8. The van der Waals surface area contributed by atoms with Crippen molar-refractivity contribution in [1.29, 1.82) is 0 Å². The van der Waals surface area contributed by atoms with Crippen LogP contribution in [0.3, 0.4) is 0 Å². The van der Waals surface area contributed by atoms with Gasteiger partial charge in [0.25, 0.3) is 10.3 Å². The lowest BCUT2D eigenvalue weighted by atomic mass is 10.2. The number of benzene rings is 1. The summed E-state index contributed by atoms with van der Waals surface area (Å²) < 4.78 is 28.6. The summed E-state index contributed by atoms with van der Waals surface area (Å²) in [7, 11) is -3.23. The number of rotatable bonds is 2. The van der Waals surface area contributed by atoms with E-state index in [-0.39, 0.29) is 5.75 Å². The molecule has 0 aromatic heterocycles. The van der Waals surface area contributed by atoms with Crippen molar-refractivity contribution in [3.8, 4) is 0 Å². The molecule has 0 heterocycles. The molecule has 1 aromatic rings. The zero-order chi connectivity index (χ0) is 10.8. The van der Waals surface area contributed by atoms with Crippen LogP contribution in [-0.4, -0.2) is 13.3 Å². The second kappa shape index (κ2) is 4.87. The Balaban J connectivity index is 3.04. The van der Waals surface area contributed by atoms with E-state index in [0.29, 0.717) is 20.9 Å². The molecule has 1 aromatic carbocycles. The van der Waals surface area contributed by atoms with Crippen molar-refractivity contribution in [3.63, 3.8) is 0 Å². The lowest BCUT2D eigenvalue weighted by molar-refractivity contribution is 0.450. The first kappa shape index (κ1) is 12.4. The van der Waals surface area contributed by atoms with Crippen molar-refractivity contribution in [2.75, 3.05) is 0 Å². The van der Waals surface area contributed by atoms with Gasteiger partial charge in [0.2, 0.25) is 5.75 Å². The molecular weight excluding hydrogens is 312 g/mol. The van der Waals surface area contributed by atoms with Crippen LogP contribution in [0, 0.1) is 0 Å². The van der Waals surface area contributed by atoms with E-state index in [0.717, 1.165) is 4.47 Å². The highest BCUT2D eigenvalue weighted by atomic mass is 79.9. The highest BCUT2D eigenvalue weighted by molar-refractivity contribution is 9.10. The standard InChI is InChI=1S/C7H6BrClO3S2/c8-6-2-1-3-7(9)5(6)4-13-14(10,11)12/h1-3H,4H2,(H-,10,11,12)/p+1. The molecule has 0 aliphatic heterocycles. The molecule has 0 spiro atoms. The van der Waals surface area contributed by atoms with Gasteiger partial charge in [-0.2, -0.15) is 4.21 Å². The van der Waals surface area contributed by atoms with E-state index in [1.807, 2.05) is 0 Å². The average molecular weight is 319 g/mol. The third-order valence-corrected chi connectivity index (χ3v) is 4.50. The van der Waals surface area contributed by atoms with E-state index >= 15 is 0 Å². The minimum absolute atomic E-state index is 0.173. The maximum atomic E-state index is 10.6. The van der Waals surface area contributed by atoms with Crippen LogP contribution < -0.4 is 0 Å². The maximum Gasteiger partial charge on any atom is 0.430 e. The van der Waals surface area contributed by atoms with Gasteiger partial charge in [-0.25, -0.2) is 0 Å². The molecule has 0 aliphatic carbocycles. The third kappa shape index (κ3) is 3.80. The van der Waals surface area contributed by atoms with Gasteiger partial charge in [-0.05, 0) is 12.1 Å². The van der Waals surface area contributed by atoms with E-state index < -0.39 is 9.05 Å². The number of hydrogen-bond donors (Lipinski definition) is 2. The molecule has 0 atom stereocenters. The summed E-state index contributed by atoms with van der Waals surface area (Å²) in [6, 6.07) is 5.22. The normalized spacial score (nSPS) is 11.4. The Morgan fingerprint density at radius 2 is 2.14 bits per heavy atom. The Morgan fingerprint density at radius 3 is 2.64 bits per heavy atom. The van der Waals surface area contributed by atoms with E-state index in [1.165, 1.54) is 0 Å². The lowest BCUT2D eigenvalue weighted by Gasteiger charge is -1.97. The molecule has 0 bridgehead atoms. The molecule has 0 fully saturated rings. The fourth-order valence-corrected chi connectivity index (χ4v) is 3.33. The van der Waals surface area contributed by atoms with Crippen LogP contribution in [0.4, 0.5) is 0 Å². The van der Waals surface area contributed by atoms with Gasteiger partial charge >= 0.3 is 9.05 Å². The zero-order valence-electron chi connectivity index (χ0n) is 6.81. The molecule has 0 saturated carbocycles. The molecule has 7 heteroatoms. The van der Waals surface area contributed by atoms with Crippen LogP contribution in [0.2, 0.25) is 5.02 Å². The second-order valence-electron chi connectivity index (χ2n) is 2.41. The predicted octanol–water partition coefficient (Wildman–Crippen LogP) is 2.83. The topological polar surface area (TPSA) is 57.5 Å². The Labute approximate surface area is 98.9 Å². The van der Waals surface area contributed by atoms with Gasteiger partial charge in [0.1, 0.15) is 0 Å². The van der Waals surface area contributed by atoms with Crippen molar-refractivity contribution in [2.45, 2.75) is 5.75 Å². The van der Waals surface area contributed by atoms with Crippen molar-refractivity contribution < 1.29 is 13.3 Å². The molecule has 0 unspecified atom stereocenters. The maximum absolute atomic E-state index is 10.6. The van der Waals surface area contributed by atoms with Crippen molar-refractivity contribution in [3.05, 3.63) is 33.3 Å². The fourth-order valence-electron chi connectivity index (χ4n) is 0.806. The van der Waals surface area contributed by atoms with Crippen LogP contribution in [-0.2, 0) is 25.1 Å². The van der Waals surface area contributed by atoms with Crippen LogP contribution in [0.25, 0.3) is 0 Å². The molecule has 0 aliphatic rings. The van der Waals surface area contributed by atoms with Crippen molar-refractivity contribution in [1.82, 2.24) is 0 Å². The first-order chi connectivity index (χ1) is 6.40. The molecular formula is C7H7BrClO3S2+. The molecule has 2 N–H and O–H groups in total. The van der Waals surface area contributed by atoms with Crippen LogP contribution in [0.1, 0.15) is 5.56 Å². The van der Waals surface area contributed by atoms with E-state index in [2.05, 4.69) is 15.9 Å². The van der Waals surface area contributed by atoms with Crippen LogP contribution >= 0.6 is 27.5 Å². The quantitative estimate of drug-likeness (QED) is 0.824. The molecule has 0 amide bonds. The largest absolute Gasteiger partial charge is 0.430 e. The smallest absolute Gasteiger partial charge is 0.251 e. The van der Waals surface area contributed by atoms with Gasteiger partial charge in [-0.15, -0.1) is 0 Å². The summed E-state index contributed by atoms with van der Waals surface area (Å²) in [6.07, 6.45) is 0. The summed E-state index contributed by atoms with van der Waals surface area (Å²) in [6.45, 7) is 0. The van der Waals surface area contributed by atoms with E-state index in [4.69, 9.17) is 20.7 Å². The molecule has 0 saturated heterocycles. The summed E-state index contributed by atoms with van der Waals surface area (Å²) >= 11 is 9.12. The summed E-state index contributed by atoms with van der Waals surface area (Å²) in [4.78, 5) is 0. The summed E-state index contributed by atoms with van der Waals surface area (Å²) in [5.74, 6) is 0.173. The van der Waals surface area contributed by atoms with Crippen LogP contribution in [0.15, 0.2) is 22.7 Å². The van der Waals surface area contributed by atoms with Gasteiger partial charge in [0.05, 0.1) is 5.02 Å². The number of hydrogen-bond acceptors (Lipinski definition) is 1. The van der Waals surface area contributed by atoms with E-state index in [9.17, 15) is 4.21 Å². The Morgan fingerprint density at radius 1 is 1.50 bits per heavy atom. The summed E-state index contributed by atoms with van der Waals surface area (Å²) in [5, 5.41) is 0.496. The molecule has 0 radical (unpaired) electrons. The monoisotopic (exact) mass is 317 g/mol. The highest BCUT2D eigenvalue weighted by Crippen LogP contribution is 2.24. The van der Waals surface area contributed by atoms with Crippen LogP contribution in [0.5, 0.6) is 0 Å². The first-order valence-electron chi connectivity index (χ1n) is 3.46.